The summed E-state index contributed by atoms with van der Waals surface area (Å²) in [4.78, 5) is 16.6. The van der Waals surface area contributed by atoms with Crippen LogP contribution in [-0.4, -0.2) is 30.1 Å². The van der Waals surface area contributed by atoms with Crippen molar-refractivity contribution >= 4 is 33.3 Å². The lowest BCUT2D eigenvalue weighted by Crippen LogP contribution is -1.84. The van der Waals surface area contributed by atoms with Gasteiger partial charge in [-0.1, -0.05) is 0 Å². The molecule has 0 radical (unpaired) electrons. The molecule has 0 saturated carbocycles. The summed E-state index contributed by atoms with van der Waals surface area (Å²) in [6.45, 7) is 0. The summed E-state index contributed by atoms with van der Waals surface area (Å²) in [5.41, 5.74) is 7.79. The molecule has 0 saturated heterocycles. The number of fused-ring (bicyclic) bond motifs is 2. The first-order valence-corrected chi connectivity index (χ1v) is 10.1. The molecule has 2 N–H and O–H groups in total. The molecule has 0 fully saturated rings. The molecular weight excluding hydrogens is 380 g/mol. The van der Waals surface area contributed by atoms with Gasteiger partial charge in [0.1, 0.15) is 11.3 Å². The number of rotatable bonds is 3. The summed E-state index contributed by atoms with van der Waals surface area (Å²) < 4.78 is 0. The lowest BCUT2D eigenvalue weighted by atomic mass is 10.1. The van der Waals surface area contributed by atoms with Crippen LogP contribution in [0.5, 0.6) is 0 Å². The van der Waals surface area contributed by atoms with Crippen LogP contribution in [-0.2, 0) is 0 Å². The molecule has 29 heavy (non-hydrogen) atoms. The Morgan fingerprint density at radius 2 is 1.79 bits per heavy atom. The van der Waals surface area contributed by atoms with Gasteiger partial charge < -0.3 is 4.98 Å². The van der Waals surface area contributed by atoms with Crippen LogP contribution in [0.1, 0.15) is 0 Å². The quantitative estimate of drug-likeness (QED) is 0.427. The maximum atomic E-state index is 4.55. The minimum Gasteiger partial charge on any atom is -0.338 e. The molecule has 6 heterocycles. The van der Waals surface area contributed by atoms with Gasteiger partial charge in [-0.05, 0) is 58.3 Å². The van der Waals surface area contributed by atoms with E-state index in [9.17, 15) is 0 Å². The smallest absolute Gasteiger partial charge is 0.138 e. The average Bonchev–Trinajstić information content (AvgIpc) is 3.52. The van der Waals surface area contributed by atoms with Gasteiger partial charge >= 0.3 is 0 Å². The van der Waals surface area contributed by atoms with Crippen LogP contribution < -0.4 is 0 Å². The van der Waals surface area contributed by atoms with Crippen molar-refractivity contribution in [1.29, 1.82) is 0 Å². The molecule has 0 aliphatic carbocycles. The summed E-state index contributed by atoms with van der Waals surface area (Å²) in [7, 11) is 0. The molecule has 0 aliphatic rings. The third-order valence-electron chi connectivity index (χ3n) is 5.04. The number of aromatic amines is 2. The zero-order chi connectivity index (χ0) is 19.2. The molecule has 0 amide bonds. The van der Waals surface area contributed by atoms with Crippen molar-refractivity contribution < 1.29 is 0 Å². The Morgan fingerprint density at radius 3 is 2.66 bits per heavy atom. The highest BCUT2D eigenvalue weighted by Crippen LogP contribution is 2.34. The third-order valence-corrected chi connectivity index (χ3v) is 5.73. The van der Waals surface area contributed by atoms with Crippen molar-refractivity contribution in [1.82, 2.24) is 30.1 Å². The van der Waals surface area contributed by atoms with Gasteiger partial charge in [-0.15, -0.1) is 0 Å². The van der Waals surface area contributed by atoms with Crippen molar-refractivity contribution in [3.63, 3.8) is 0 Å². The standard InChI is InChI=1S/C22H14N6S/c1-5-23-6-2-13(1)18-10-17-20(11-25-18)27-28-21(17)19-9-16-15(14-4-8-29-12-14)3-7-24-22(16)26-19/h1-12H,(H,24,26)(H,27,28). The van der Waals surface area contributed by atoms with Gasteiger partial charge in [0.15, 0.2) is 0 Å². The van der Waals surface area contributed by atoms with E-state index in [2.05, 4.69) is 65.2 Å². The van der Waals surface area contributed by atoms with Crippen molar-refractivity contribution in [2.24, 2.45) is 0 Å². The van der Waals surface area contributed by atoms with Gasteiger partial charge in [0, 0.05) is 34.9 Å². The number of nitrogens with zero attached hydrogens (tertiary/aromatic N) is 4. The predicted molar refractivity (Wildman–Crippen MR) is 116 cm³/mol. The second kappa shape index (κ2) is 6.35. The van der Waals surface area contributed by atoms with Crippen LogP contribution in [0.15, 0.2) is 71.9 Å². The zero-order valence-corrected chi connectivity index (χ0v) is 15.9. The summed E-state index contributed by atoms with van der Waals surface area (Å²) in [5, 5.41) is 14.0. The monoisotopic (exact) mass is 394 g/mol. The Hall–Kier alpha value is -3.84. The van der Waals surface area contributed by atoms with E-state index < -0.39 is 0 Å². The van der Waals surface area contributed by atoms with E-state index in [1.165, 1.54) is 5.56 Å². The van der Waals surface area contributed by atoms with Gasteiger partial charge in [-0.3, -0.25) is 15.1 Å². The molecular formula is C22H14N6S. The van der Waals surface area contributed by atoms with E-state index in [1.54, 1.807) is 23.7 Å². The predicted octanol–water partition coefficient (Wildman–Crippen LogP) is 5.29. The summed E-state index contributed by atoms with van der Waals surface area (Å²) >= 11 is 1.69. The molecule has 0 spiro atoms. The van der Waals surface area contributed by atoms with Gasteiger partial charge in [0.25, 0.3) is 0 Å². The Morgan fingerprint density at radius 1 is 0.862 bits per heavy atom. The Kier molecular flexibility index (Phi) is 3.54. The Labute approximate surface area is 169 Å². The highest BCUT2D eigenvalue weighted by atomic mass is 32.1. The van der Waals surface area contributed by atoms with Crippen molar-refractivity contribution in [3.05, 3.63) is 71.9 Å². The van der Waals surface area contributed by atoms with E-state index in [1.807, 2.05) is 24.5 Å². The first-order valence-electron chi connectivity index (χ1n) is 9.12. The minimum atomic E-state index is 0.850. The molecule has 0 bridgehead atoms. The second-order valence-electron chi connectivity index (χ2n) is 6.74. The van der Waals surface area contributed by atoms with Crippen molar-refractivity contribution in [2.45, 2.75) is 0 Å². The van der Waals surface area contributed by atoms with Crippen LogP contribution in [0, 0.1) is 0 Å². The molecule has 0 aromatic carbocycles. The zero-order valence-electron chi connectivity index (χ0n) is 15.1. The van der Waals surface area contributed by atoms with Gasteiger partial charge in [-0.2, -0.15) is 16.4 Å². The van der Waals surface area contributed by atoms with E-state index >= 15 is 0 Å². The Balaban J connectivity index is 1.53. The van der Waals surface area contributed by atoms with Crippen LogP contribution in [0.4, 0.5) is 0 Å². The molecule has 6 aromatic heterocycles. The van der Waals surface area contributed by atoms with Crippen LogP contribution >= 0.6 is 11.3 Å². The molecule has 7 heteroatoms. The van der Waals surface area contributed by atoms with Gasteiger partial charge in [-0.25, -0.2) is 4.98 Å². The van der Waals surface area contributed by atoms with Gasteiger partial charge in [0.05, 0.1) is 23.1 Å². The molecule has 138 valence electrons. The number of pyridine rings is 3. The lowest BCUT2D eigenvalue weighted by molar-refractivity contribution is 1.11. The summed E-state index contributed by atoms with van der Waals surface area (Å²) in [5.74, 6) is 0. The number of H-pyrrole nitrogens is 2. The number of hydrogen-bond acceptors (Lipinski definition) is 5. The van der Waals surface area contributed by atoms with Crippen LogP contribution in [0.2, 0.25) is 0 Å². The molecule has 6 nitrogen and oxygen atoms in total. The van der Waals surface area contributed by atoms with Crippen LogP contribution in [0.3, 0.4) is 0 Å². The highest BCUT2D eigenvalue weighted by Gasteiger charge is 2.15. The number of thiophene rings is 1. The maximum Gasteiger partial charge on any atom is 0.138 e. The first kappa shape index (κ1) is 16.1. The fourth-order valence-electron chi connectivity index (χ4n) is 3.63. The molecule has 0 aliphatic heterocycles. The van der Waals surface area contributed by atoms with E-state index in [0.29, 0.717) is 0 Å². The number of hydrogen-bond donors (Lipinski definition) is 2. The topological polar surface area (TPSA) is 83.1 Å². The normalized spacial score (nSPS) is 11.4. The molecule has 0 unspecified atom stereocenters. The van der Waals surface area contributed by atoms with E-state index in [0.717, 1.165) is 50.1 Å². The van der Waals surface area contributed by atoms with Crippen LogP contribution in [0.25, 0.3) is 55.7 Å². The highest BCUT2D eigenvalue weighted by molar-refractivity contribution is 7.08. The number of aromatic nitrogens is 6. The molecule has 0 atom stereocenters. The summed E-state index contributed by atoms with van der Waals surface area (Å²) in [6, 6.07) is 12.3. The molecule has 6 aromatic rings. The van der Waals surface area contributed by atoms with Gasteiger partial charge in [0.2, 0.25) is 0 Å². The minimum absolute atomic E-state index is 0.850. The first-order chi connectivity index (χ1) is 14.4. The fourth-order valence-corrected chi connectivity index (χ4v) is 4.28. The largest absolute Gasteiger partial charge is 0.338 e. The lowest BCUT2D eigenvalue weighted by Gasteiger charge is -2.00. The second-order valence-corrected chi connectivity index (χ2v) is 7.52. The van der Waals surface area contributed by atoms with Crippen molar-refractivity contribution in [2.75, 3.05) is 0 Å². The maximum absolute atomic E-state index is 4.55. The van der Waals surface area contributed by atoms with Crippen molar-refractivity contribution in [3.8, 4) is 33.8 Å². The Bertz CT molecular complexity index is 1450. The average molecular weight is 394 g/mol. The summed E-state index contributed by atoms with van der Waals surface area (Å²) in [6.07, 6.45) is 7.20. The van der Waals surface area contributed by atoms with E-state index in [4.69, 9.17) is 0 Å². The molecule has 6 rings (SSSR count). The fraction of sp³-hybridized carbons (Fsp3) is 0. The SMILES string of the molecule is c1cc(-c2cc3c(-c4cc5c(-c6ccsc6)ccnc5[nH]4)n[nH]c3cn2)ccn1. The number of nitrogens with one attached hydrogen (secondary N) is 2. The third kappa shape index (κ3) is 2.63. The van der Waals surface area contributed by atoms with E-state index in [-0.39, 0.29) is 0 Å².